The van der Waals surface area contributed by atoms with Gasteiger partial charge in [0.2, 0.25) is 0 Å². The van der Waals surface area contributed by atoms with Crippen LogP contribution >= 0.6 is 23.2 Å². The Morgan fingerprint density at radius 1 is 1.03 bits per heavy atom. The van der Waals surface area contributed by atoms with Crippen molar-refractivity contribution in [1.82, 2.24) is 9.80 Å². The van der Waals surface area contributed by atoms with E-state index in [0.717, 1.165) is 68.3 Å². The SMILES string of the molecule is COc1ccc2c(c1)C(=O)N(CCCN1CCN(c3cccc(Cl)c3Cl)CC1)C2. The molecular formula is C22H25Cl2N3O2. The summed E-state index contributed by atoms with van der Waals surface area (Å²) in [5, 5.41) is 1.23. The molecule has 1 fully saturated rings. The number of methoxy groups -OCH3 is 1. The van der Waals surface area contributed by atoms with Crippen molar-refractivity contribution in [2.45, 2.75) is 13.0 Å². The molecule has 2 aliphatic heterocycles. The molecule has 2 aliphatic rings. The number of amides is 1. The molecule has 1 amide bonds. The summed E-state index contributed by atoms with van der Waals surface area (Å²) >= 11 is 12.5. The molecule has 7 heteroatoms. The number of piperazine rings is 1. The lowest BCUT2D eigenvalue weighted by Crippen LogP contribution is -2.47. The Hall–Kier alpha value is -1.95. The molecule has 4 rings (SSSR count). The van der Waals surface area contributed by atoms with Crippen molar-refractivity contribution in [3.05, 3.63) is 57.6 Å². The van der Waals surface area contributed by atoms with Crippen molar-refractivity contribution in [3.8, 4) is 5.75 Å². The fourth-order valence-electron chi connectivity index (χ4n) is 4.08. The normalized spacial score (nSPS) is 17.0. The lowest BCUT2D eigenvalue weighted by Gasteiger charge is -2.36. The Kier molecular flexibility index (Phi) is 6.18. The monoisotopic (exact) mass is 433 g/mol. The number of carbonyl (C=O) groups excluding carboxylic acids is 1. The number of halogens is 2. The van der Waals surface area contributed by atoms with E-state index in [9.17, 15) is 4.79 Å². The highest BCUT2D eigenvalue weighted by atomic mass is 35.5. The Morgan fingerprint density at radius 3 is 2.59 bits per heavy atom. The third kappa shape index (κ3) is 4.32. The summed E-state index contributed by atoms with van der Waals surface area (Å²) in [6.45, 7) is 6.26. The first-order valence-corrected chi connectivity index (χ1v) is 10.7. The van der Waals surface area contributed by atoms with Crippen molar-refractivity contribution in [3.63, 3.8) is 0 Å². The van der Waals surface area contributed by atoms with E-state index >= 15 is 0 Å². The first-order valence-electron chi connectivity index (χ1n) is 9.94. The molecule has 2 heterocycles. The van der Waals surface area contributed by atoms with E-state index in [4.69, 9.17) is 27.9 Å². The molecule has 29 heavy (non-hydrogen) atoms. The van der Waals surface area contributed by atoms with Gasteiger partial charge < -0.3 is 14.5 Å². The van der Waals surface area contributed by atoms with Crippen LogP contribution in [0.3, 0.4) is 0 Å². The third-order valence-corrected chi connectivity index (χ3v) is 6.55. The second-order valence-electron chi connectivity index (χ2n) is 7.50. The third-order valence-electron chi connectivity index (χ3n) is 5.74. The summed E-state index contributed by atoms with van der Waals surface area (Å²) in [5.74, 6) is 0.843. The van der Waals surface area contributed by atoms with Gasteiger partial charge in [-0.25, -0.2) is 0 Å². The van der Waals surface area contributed by atoms with E-state index in [1.165, 1.54) is 0 Å². The zero-order valence-corrected chi connectivity index (χ0v) is 18.0. The summed E-state index contributed by atoms with van der Waals surface area (Å²) in [5.41, 5.74) is 2.87. The maximum Gasteiger partial charge on any atom is 0.254 e. The number of ether oxygens (including phenoxy) is 1. The van der Waals surface area contributed by atoms with E-state index in [-0.39, 0.29) is 5.91 Å². The van der Waals surface area contributed by atoms with Gasteiger partial charge in [-0.15, -0.1) is 0 Å². The van der Waals surface area contributed by atoms with Gasteiger partial charge in [-0.2, -0.15) is 0 Å². The van der Waals surface area contributed by atoms with E-state index in [2.05, 4.69) is 9.80 Å². The summed E-state index contributed by atoms with van der Waals surface area (Å²) in [6, 6.07) is 11.5. The maximum absolute atomic E-state index is 12.6. The van der Waals surface area contributed by atoms with Gasteiger partial charge in [0.25, 0.3) is 5.91 Å². The van der Waals surface area contributed by atoms with Gasteiger partial charge in [-0.1, -0.05) is 35.3 Å². The van der Waals surface area contributed by atoms with Gasteiger partial charge in [0.1, 0.15) is 5.75 Å². The fourth-order valence-corrected chi connectivity index (χ4v) is 4.50. The Balaban J connectivity index is 1.24. The number of hydrogen-bond acceptors (Lipinski definition) is 4. The first kappa shape index (κ1) is 20.3. The fraction of sp³-hybridized carbons (Fsp3) is 0.409. The van der Waals surface area contributed by atoms with E-state index in [1.807, 2.05) is 41.3 Å². The van der Waals surface area contributed by atoms with Gasteiger partial charge in [0.15, 0.2) is 0 Å². The predicted molar refractivity (Wildman–Crippen MR) is 117 cm³/mol. The zero-order valence-electron chi connectivity index (χ0n) is 16.5. The average molecular weight is 434 g/mol. The largest absolute Gasteiger partial charge is 0.497 e. The van der Waals surface area contributed by atoms with Crippen LogP contribution in [0.15, 0.2) is 36.4 Å². The van der Waals surface area contributed by atoms with E-state index in [0.29, 0.717) is 16.6 Å². The molecule has 0 spiro atoms. The minimum Gasteiger partial charge on any atom is -0.497 e. The quantitative estimate of drug-likeness (QED) is 0.684. The molecule has 0 aromatic heterocycles. The summed E-state index contributed by atoms with van der Waals surface area (Å²) < 4.78 is 5.24. The average Bonchev–Trinajstić information content (AvgIpc) is 3.06. The van der Waals surface area contributed by atoms with Gasteiger partial charge in [0.05, 0.1) is 22.8 Å². The van der Waals surface area contributed by atoms with Crippen molar-refractivity contribution in [2.24, 2.45) is 0 Å². The van der Waals surface area contributed by atoms with Crippen LogP contribution in [0.2, 0.25) is 10.0 Å². The molecule has 1 saturated heterocycles. The summed E-state index contributed by atoms with van der Waals surface area (Å²) in [4.78, 5) is 19.3. The maximum atomic E-state index is 12.6. The van der Waals surface area contributed by atoms with Gasteiger partial charge >= 0.3 is 0 Å². The second kappa shape index (κ2) is 8.82. The highest BCUT2D eigenvalue weighted by Crippen LogP contribution is 2.33. The number of rotatable bonds is 6. The summed E-state index contributed by atoms with van der Waals surface area (Å²) in [7, 11) is 1.62. The molecule has 2 aromatic carbocycles. The van der Waals surface area contributed by atoms with Crippen LogP contribution in [-0.2, 0) is 6.54 Å². The molecule has 2 aromatic rings. The minimum absolute atomic E-state index is 0.110. The minimum atomic E-state index is 0.110. The van der Waals surface area contributed by atoms with Crippen LogP contribution < -0.4 is 9.64 Å². The number of carbonyl (C=O) groups is 1. The smallest absolute Gasteiger partial charge is 0.254 e. The number of hydrogen-bond donors (Lipinski definition) is 0. The Labute approximate surface area is 181 Å². The van der Waals surface area contributed by atoms with Crippen LogP contribution in [0.1, 0.15) is 22.3 Å². The molecule has 5 nitrogen and oxygen atoms in total. The highest BCUT2D eigenvalue weighted by Gasteiger charge is 2.27. The summed E-state index contributed by atoms with van der Waals surface area (Å²) in [6.07, 6.45) is 0.967. The lowest BCUT2D eigenvalue weighted by molar-refractivity contribution is 0.0770. The first-order chi connectivity index (χ1) is 14.1. The van der Waals surface area contributed by atoms with Crippen LogP contribution in [0.25, 0.3) is 0 Å². The van der Waals surface area contributed by atoms with Gasteiger partial charge in [0, 0.05) is 44.8 Å². The van der Waals surface area contributed by atoms with E-state index < -0.39 is 0 Å². The molecule has 154 valence electrons. The number of anilines is 1. The zero-order chi connectivity index (χ0) is 20.4. The van der Waals surface area contributed by atoms with Gasteiger partial charge in [-0.05, 0) is 42.8 Å². The number of nitrogens with zero attached hydrogens (tertiary/aromatic N) is 3. The molecule has 0 radical (unpaired) electrons. The Morgan fingerprint density at radius 2 is 1.83 bits per heavy atom. The molecular weight excluding hydrogens is 409 g/mol. The molecule has 0 saturated carbocycles. The molecule has 0 unspecified atom stereocenters. The second-order valence-corrected chi connectivity index (χ2v) is 8.29. The molecule has 0 bridgehead atoms. The van der Waals surface area contributed by atoms with E-state index in [1.54, 1.807) is 7.11 Å². The van der Waals surface area contributed by atoms with Crippen molar-refractivity contribution < 1.29 is 9.53 Å². The molecule has 0 atom stereocenters. The predicted octanol–water partition coefficient (Wildman–Crippen LogP) is 4.17. The van der Waals surface area contributed by atoms with Crippen molar-refractivity contribution in [2.75, 3.05) is 51.3 Å². The highest BCUT2D eigenvalue weighted by molar-refractivity contribution is 6.43. The van der Waals surface area contributed by atoms with Crippen LogP contribution in [0, 0.1) is 0 Å². The lowest BCUT2D eigenvalue weighted by atomic mass is 10.1. The van der Waals surface area contributed by atoms with Crippen LogP contribution in [0.5, 0.6) is 5.75 Å². The molecule has 0 aliphatic carbocycles. The van der Waals surface area contributed by atoms with Crippen LogP contribution in [-0.4, -0.2) is 62.1 Å². The van der Waals surface area contributed by atoms with Crippen molar-refractivity contribution >= 4 is 34.8 Å². The topological polar surface area (TPSA) is 36.0 Å². The standard InChI is InChI=1S/C22H25Cl2N3O2/c1-29-17-7-6-16-15-27(22(28)18(16)14-17)9-3-8-25-10-12-26(13-11-25)20-5-2-4-19(23)21(20)24/h2,4-7,14H,3,8-13,15H2,1H3. The Bertz CT molecular complexity index is 898. The van der Waals surface area contributed by atoms with Crippen molar-refractivity contribution in [1.29, 1.82) is 0 Å². The molecule has 0 N–H and O–H groups in total. The van der Waals surface area contributed by atoms with Gasteiger partial charge in [-0.3, -0.25) is 9.69 Å². The number of benzene rings is 2. The van der Waals surface area contributed by atoms with Crippen LogP contribution in [0.4, 0.5) is 5.69 Å². The number of fused-ring (bicyclic) bond motifs is 1.